The molecule has 4 rings (SSSR count). The van der Waals surface area contributed by atoms with Gasteiger partial charge in [-0.25, -0.2) is 0 Å². The largest absolute Gasteiger partial charge is 0.489 e. The van der Waals surface area contributed by atoms with Gasteiger partial charge < -0.3 is 14.2 Å². The van der Waals surface area contributed by atoms with Crippen LogP contribution in [0.1, 0.15) is 54.4 Å². The van der Waals surface area contributed by atoms with Crippen molar-refractivity contribution in [2.24, 2.45) is 0 Å². The van der Waals surface area contributed by atoms with Gasteiger partial charge in [0.2, 0.25) is 0 Å². The molecular weight excluding hydrogens is 388 g/mol. The summed E-state index contributed by atoms with van der Waals surface area (Å²) < 4.78 is 16.6. The lowest BCUT2D eigenvalue weighted by atomic mass is 9.87. The molecular formula is C27H32O4. The van der Waals surface area contributed by atoms with Crippen molar-refractivity contribution in [3.8, 4) is 5.75 Å². The Morgan fingerprint density at radius 1 is 1.00 bits per heavy atom. The van der Waals surface area contributed by atoms with Crippen LogP contribution >= 0.6 is 0 Å². The van der Waals surface area contributed by atoms with E-state index >= 15 is 0 Å². The van der Waals surface area contributed by atoms with Crippen molar-refractivity contribution >= 4 is 11.5 Å². The number of benzene rings is 2. The second kappa shape index (κ2) is 10.6. The smallest absolute Gasteiger partial charge is 0.305 e. The van der Waals surface area contributed by atoms with Gasteiger partial charge in [-0.05, 0) is 90.5 Å². The molecule has 0 aromatic heterocycles. The standard InChI is InChI=1S/C27H32O4/c1-29-27(28)8-4-5-20-9-13-25(14-10-20)31-19-24-18-30-16-15-26(24)23-12-11-21-6-2-3-7-22(21)17-23/h9-14,17H,2-8,15-16,18-19H2,1H3. The van der Waals surface area contributed by atoms with Gasteiger partial charge in [-0.2, -0.15) is 0 Å². The molecule has 1 aliphatic carbocycles. The lowest BCUT2D eigenvalue weighted by Gasteiger charge is -2.23. The molecule has 0 atom stereocenters. The van der Waals surface area contributed by atoms with E-state index in [4.69, 9.17) is 14.2 Å². The summed E-state index contributed by atoms with van der Waals surface area (Å²) in [5, 5.41) is 0. The molecule has 2 aromatic carbocycles. The quantitative estimate of drug-likeness (QED) is 0.543. The summed E-state index contributed by atoms with van der Waals surface area (Å²) >= 11 is 0. The molecule has 2 aromatic rings. The van der Waals surface area contributed by atoms with E-state index in [1.54, 1.807) is 0 Å². The monoisotopic (exact) mass is 420 g/mol. The second-order valence-corrected chi connectivity index (χ2v) is 8.44. The van der Waals surface area contributed by atoms with Crippen molar-refractivity contribution in [2.75, 3.05) is 26.9 Å². The van der Waals surface area contributed by atoms with Gasteiger partial charge in [0.15, 0.2) is 0 Å². The van der Waals surface area contributed by atoms with Crippen LogP contribution in [-0.2, 0) is 33.5 Å². The van der Waals surface area contributed by atoms with Crippen LogP contribution in [0.4, 0.5) is 0 Å². The normalized spacial score (nSPS) is 16.0. The number of hydrogen-bond donors (Lipinski definition) is 0. The summed E-state index contributed by atoms with van der Waals surface area (Å²) in [6.07, 6.45) is 8.07. The fourth-order valence-corrected chi connectivity index (χ4v) is 4.49. The maximum Gasteiger partial charge on any atom is 0.305 e. The van der Waals surface area contributed by atoms with E-state index in [1.165, 1.54) is 66.2 Å². The zero-order chi connectivity index (χ0) is 21.5. The first-order valence-electron chi connectivity index (χ1n) is 11.4. The van der Waals surface area contributed by atoms with Gasteiger partial charge in [-0.3, -0.25) is 4.79 Å². The molecule has 1 aliphatic heterocycles. The predicted molar refractivity (Wildman–Crippen MR) is 122 cm³/mol. The first kappa shape index (κ1) is 21.6. The van der Waals surface area contributed by atoms with E-state index in [1.807, 2.05) is 12.1 Å². The third-order valence-electron chi connectivity index (χ3n) is 6.31. The van der Waals surface area contributed by atoms with Crippen molar-refractivity contribution in [2.45, 2.75) is 51.4 Å². The SMILES string of the molecule is COC(=O)CCCc1ccc(OCC2=C(c3ccc4c(c3)CCCC4)CCOC2)cc1. The van der Waals surface area contributed by atoms with Crippen LogP contribution in [0, 0.1) is 0 Å². The minimum absolute atomic E-state index is 0.155. The van der Waals surface area contributed by atoms with E-state index in [0.717, 1.165) is 31.6 Å². The number of ether oxygens (including phenoxy) is 3. The molecule has 31 heavy (non-hydrogen) atoms. The number of hydrogen-bond acceptors (Lipinski definition) is 4. The molecule has 0 bridgehead atoms. The van der Waals surface area contributed by atoms with Crippen molar-refractivity contribution in [3.05, 3.63) is 70.3 Å². The van der Waals surface area contributed by atoms with Gasteiger partial charge >= 0.3 is 5.97 Å². The van der Waals surface area contributed by atoms with Crippen LogP contribution in [0.3, 0.4) is 0 Å². The Kier molecular flexibility index (Phi) is 7.42. The molecule has 0 fully saturated rings. The van der Waals surface area contributed by atoms with Gasteiger partial charge in [-0.15, -0.1) is 0 Å². The van der Waals surface area contributed by atoms with E-state index in [2.05, 4.69) is 30.3 Å². The number of aryl methyl sites for hydroxylation is 3. The number of fused-ring (bicyclic) bond motifs is 1. The summed E-state index contributed by atoms with van der Waals surface area (Å²) in [6.45, 7) is 1.96. The Bertz CT molecular complexity index is 927. The zero-order valence-electron chi connectivity index (χ0n) is 18.5. The maximum atomic E-state index is 11.2. The molecule has 4 heteroatoms. The van der Waals surface area contributed by atoms with E-state index < -0.39 is 0 Å². The summed E-state index contributed by atoms with van der Waals surface area (Å²) in [7, 11) is 1.43. The van der Waals surface area contributed by atoms with Gasteiger partial charge in [0, 0.05) is 6.42 Å². The summed E-state index contributed by atoms with van der Waals surface area (Å²) in [5.41, 5.74) is 8.20. The van der Waals surface area contributed by atoms with Crippen molar-refractivity contribution in [1.29, 1.82) is 0 Å². The number of methoxy groups -OCH3 is 1. The number of esters is 1. The van der Waals surface area contributed by atoms with Gasteiger partial charge in [-0.1, -0.05) is 30.3 Å². The summed E-state index contributed by atoms with van der Waals surface area (Å²) in [6, 6.07) is 15.2. The molecule has 0 unspecified atom stereocenters. The van der Waals surface area contributed by atoms with Crippen LogP contribution in [0.5, 0.6) is 5.75 Å². The third-order valence-corrected chi connectivity index (χ3v) is 6.31. The number of rotatable bonds is 8. The minimum atomic E-state index is -0.155. The van der Waals surface area contributed by atoms with Crippen molar-refractivity contribution in [3.63, 3.8) is 0 Å². The third kappa shape index (κ3) is 5.76. The summed E-state index contributed by atoms with van der Waals surface area (Å²) in [5.74, 6) is 0.706. The van der Waals surface area contributed by atoms with Crippen LogP contribution in [-0.4, -0.2) is 32.9 Å². The minimum Gasteiger partial charge on any atom is -0.489 e. The van der Waals surface area contributed by atoms with Crippen LogP contribution < -0.4 is 4.74 Å². The second-order valence-electron chi connectivity index (χ2n) is 8.44. The van der Waals surface area contributed by atoms with Crippen LogP contribution in [0.15, 0.2) is 48.0 Å². The molecule has 0 spiro atoms. The molecule has 0 amide bonds. The number of carbonyl (C=O) groups excluding carboxylic acids is 1. The molecule has 4 nitrogen and oxygen atoms in total. The van der Waals surface area contributed by atoms with Crippen molar-refractivity contribution < 1.29 is 19.0 Å². The van der Waals surface area contributed by atoms with E-state index in [9.17, 15) is 4.79 Å². The highest BCUT2D eigenvalue weighted by atomic mass is 16.5. The molecule has 0 saturated carbocycles. The average Bonchev–Trinajstić information content (AvgIpc) is 2.83. The van der Waals surface area contributed by atoms with E-state index in [-0.39, 0.29) is 5.97 Å². The van der Waals surface area contributed by atoms with E-state index in [0.29, 0.717) is 19.6 Å². The Labute approximate surface area is 185 Å². The highest BCUT2D eigenvalue weighted by molar-refractivity contribution is 5.71. The molecule has 164 valence electrons. The predicted octanol–water partition coefficient (Wildman–Crippen LogP) is 5.31. The van der Waals surface area contributed by atoms with Gasteiger partial charge in [0.1, 0.15) is 12.4 Å². The molecule has 0 saturated heterocycles. The molecule has 0 radical (unpaired) electrons. The number of carbonyl (C=O) groups is 1. The van der Waals surface area contributed by atoms with Gasteiger partial charge in [0.25, 0.3) is 0 Å². The Morgan fingerprint density at radius 3 is 2.61 bits per heavy atom. The Morgan fingerprint density at radius 2 is 1.81 bits per heavy atom. The first-order valence-corrected chi connectivity index (χ1v) is 11.4. The molecule has 0 N–H and O–H groups in total. The fourth-order valence-electron chi connectivity index (χ4n) is 4.49. The lowest BCUT2D eigenvalue weighted by molar-refractivity contribution is -0.140. The molecule has 1 heterocycles. The Hall–Kier alpha value is -2.59. The average molecular weight is 421 g/mol. The van der Waals surface area contributed by atoms with Crippen molar-refractivity contribution in [1.82, 2.24) is 0 Å². The summed E-state index contributed by atoms with van der Waals surface area (Å²) in [4.78, 5) is 11.2. The lowest BCUT2D eigenvalue weighted by Crippen LogP contribution is -2.16. The van der Waals surface area contributed by atoms with Crippen LogP contribution in [0.2, 0.25) is 0 Å². The highest BCUT2D eigenvalue weighted by Gasteiger charge is 2.18. The maximum absolute atomic E-state index is 11.2. The molecule has 2 aliphatic rings. The zero-order valence-corrected chi connectivity index (χ0v) is 18.5. The topological polar surface area (TPSA) is 44.8 Å². The van der Waals surface area contributed by atoms with Gasteiger partial charge in [0.05, 0.1) is 20.3 Å². The van der Waals surface area contributed by atoms with Crippen LogP contribution in [0.25, 0.3) is 5.57 Å². The fraction of sp³-hybridized carbons (Fsp3) is 0.444. The highest BCUT2D eigenvalue weighted by Crippen LogP contribution is 2.31. The first-order chi connectivity index (χ1) is 15.2. The Balaban J connectivity index is 1.39.